The Balaban J connectivity index is 2.55. The molecule has 2 rings (SSSR count). The molecule has 0 saturated heterocycles. The lowest BCUT2D eigenvalue weighted by Crippen LogP contribution is -2.08. The zero-order valence-corrected chi connectivity index (χ0v) is 12.2. The van der Waals surface area contributed by atoms with Crippen molar-refractivity contribution in [3.63, 3.8) is 0 Å². The quantitative estimate of drug-likeness (QED) is 0.671. The van der Waals surface area contributed by atoms with Crippen LogP contribution >= 0.6 is 0 Å². The van der Waals surface area contributed by atoms with Gasteiger partial charge in [-0.05, 0) is 60.1 Å². The van der Waals surface area contributed by atoms with Gasteiger partial charge in [-0.3, -0.25) is 0 Å². The predicted octanol–water partition coefficient (Wildman–Crippen LogP) is 5.27. The molecule has 0 aliphatic heterocycles. The first kappa shape index (κ1) is 13.6. The molecule has 0 N–H and O–H groups in total. The van der Waals surface area contributed by atoms with Gasteiger partial charge in [0, 0.05) is 0 Å². The highest BCUT2D eigenvalue weighted by Gasteiger charge is 2.20. The Morgan fingerprint density at radius 1 is 1.26 bits per heavy atom. The van der Waals surface area contributed by atoms with E-state index in [-0.39, 0.29) is 0 Å². The smallest absolute Gasteiger partial charge is 0.00167 e. The number of fused-ring (bicyclic) bond motifs is 1. The van der Waals surface area contributed by atoms with Crippen molar-refractivity contribution in [3.05, 3.63) is 76.9 Å². The van der Waals surface area contributed by atoms with Crippen molar-refractivity contribution in [2.75, 3.05) is 0 Å². The first-order chi connectivity index (χ1) is 9.21. The molecule has 0 unspecified atom stereocenters. The van der Waals surface area contributed by atoms with Crippen LogP contribution in [0.4, 0.5) is 0 Å². The minimum absolute atomic E-state index is 1.01. The summed E-state index contributed by atoms with van der Waals surface area (Å²) in [6, 6.07) is 6.79. The Hall–Kier alpha value is -1.82. The zero-order valence-electron chi connectivity index (χ0n) is 12.2. The van der Waals surface area contributed by atoms with Gasteiger partial charge in [0.2, 0.25) is 0 Å². The van der Waals surface area contributed by atoms with Crippen molar-refractivity contribution in [1.29, 1.82) is 0 Å². The number of benzene rings is 1. The normalized spacial score (nSPS) is 19.4. The van der Waals surface area contributed by atoms with E-state index >= 15 is 0 Å². The van der Waals surface area contributed by atoms with Crippen molar-refractivity contribution < 1.29 is 0 Å². The highest BCUT2D eigenvalue weighted by Crippen LogP contribution is 2.37. The predicted molar refractivity (Wildman–Crippen MR) is 85.2 cm³/mol. The Kier molecular flexibility index (Phi) is 4.21. The van der Waals surface area contributed by atoms with E-state index in [2.05, 4.69) is 62.9 Å². The van der Waals surface area contributed by atoms with Crippen LogP contribution in [0.15, 0.2) is 60.2 Å². The monoisotopic (exact) mass is 250 g/mol. The van der Waals surface area contributed by atoms with Gasteiger partial charge in [-0.2, -0.15) is 0 Å². The van der Waals surface area contributed by atoms with Gasteiger partial charge >= 0.3 is 0 Å². The molecule has 1 aliphatic rings. The molecule has 0 heteroatoms. The van der Waals surface area contributed by atoms with E-state index in [4.69, 9.17) is 0 Å². The molecule has 98 valence electrons. The molecular weight excluding hydrogens is 228 g/mol. The van der Waals surface area contributed by atoms with Gasteiger partial charge in [0.25, 0.3) is 0 Å². The maximum atomic E-state index is 4.32. The summed E-state index contributed by atoms with van der Waals surface area (Å²) in [5.74, 6) is 0. The van der Waals surface area contributed by atoms with Gasteiger partial charge in [-0.25, -0.2) is 0 Å². The maximum Gasteiger partial charge on any atom is -0.00167 e. The van der Waals surface area contributed by atoms with Crippen molar-refractivity contribution in [3.8, 4) is 0 Å². The average molecular weight is 250 g/mol. The number of aryl methyl sites for hydroxylation is 1. The second-order valence-corrected chi connectivity index (χ2v) is 4.92. The molecule has 0 atom stereocenters. The third kappa shape index (κ3) is 2.63. The fraction of sp³-hybridized carbons (Fsp3) is 0.263. The summed E-state index contributed by atoms with van der Waals surface area (Å²) in [5, 5.41) is 0. The molecule has 1 aromatic rings. The molecule has 0 saturated carbocycles. The van der Waals surface area contributed by atoms with Crippen LogP contribution in [0.25, 0.3) is 5.57 Å². The fourth-order valence-corrected chi connectivity index (χ4v) is 2.58. The average Bonchev–Trinajstić information content (AvgIpc) is 2.45. The maximum absolute atomic E-state index is 4.32. The van der Waals surface area contributed by atoms with Crippen molar-refractivity contribution in [2.24, 2.45) is 0 Å². The van der Waals surface area contributed by atoms with Gasteiger partial charge in [0.1, 0.15) is 0 Å². The van der Waals surface area contributed by atoms with Crippen LogP contribution in [0.2, 0.25) is 0 Å². The van der Waals surface area contributed by atoms with Crippen molar-refractivity contribution in [2.45, 2.75) is 33.6 Å². The Morgan fingerprint density at radius 3 is 2.68 bits per heavy atom. The summed E-state index contributed by atoms with van der Waals surface area (Å²) in [6.07, 6.45) is 10.6. The van der Waals surface area contributed by atoms with Gasteiger partial charge in [0.15, 0.2) is 0 Å². The molecule has 1 aliphatic carbocycles. The lowest BCUT2D eigenvalue weighted by Gasteiger charge is -2.24. The third-order valence-electron chi connectivity index (χ3n) is 3.76. The number of allylic oxidation sites excluding steroid dienone is 7. The van der Waals surface area contributed by atoms with Crippen LogP contribution in [0.5, 0.6) is 0 Å². The molecular formula is C19H22. The topological polar surface area (TPSA) is 0 Å². The van der Waals surface area contributed by atoms with E-state index in [1.54, 1.807) is 0 Å². The van der Waals surface area contributed by atoms with Crippen molar-refractivity contribution in [1.82, 2.24) is 0 Å². The SMILES string of the molecule is C=C1C(=C/C=C\C)/C(=C\C)Cc2ccc(CC)cc21. The van der Waals surface area contributed by atoms with Gasteiger partial charge < -0.3 is 0 Å². The number of rotatable bonds is 2. The third-order valence-corrected chi connectivity index (χ3v) is 3.76. The van der Waals surface area contributed by atoms with E-state index < -0.39 is 0 Å². The minimum Gasteiger partial charge on any atom is -0.0905 e. The highest BCUT2D eigenvalue weighted by atomic mass is 14.2. The number of hydrogen-bond acceptors (Lipinski definition) is 0. The van der Waals surface area contributed by atoms with Crippen LogP contribution in [-0.2, 0) is 12.8 Å². The van der Waals surface area contributed by atoms with Gasteiger partial charge in [-0.15, -0.1) is 0 Å². The second-order valence-electron chi connectivity index (χ2n) is 4.92. The first-order valence-electron chi connectivity index (χ1n) is 7.01. The van der Waals surface area contributed by atoms with E-state index in [0.29, 0.717) is 0 Å². The van der Waals surface area contributed by atoms with Crippen LogP contribution in [0, 0.1) is 0 Å². The lowest BCUT2D eigenvalue weighted by atomic mass is 9.80. The summed E-state index contributed by atoms with van der Waals surface area (Å²) in [5.41, 5.74) is 7.91. The highest BCUT2D eigenvalue weighted by molar-refractivity contribution is 5.87. The van der Waals surface area contributed by atoms with Crippen LogP contribution < -0.4 is 0 Å². The molecule has 0 nitrogen and oxygen atoms in total. The van der Waals surface area contributed by atoms with E-state index in [9.17, 15) is 0 Å². The summed E-state index contributed by atoms with van der Waals surface area (Å²) < 4.78 is 0. The largest absolute Gasteiger partial charge is 0.0905 e. The van der Waals surface area contributed by atoms with Crippen LogP contribution in [-0.4, -0.2) is 0 Å². The molecule has 0 aromatic heterocycles. The summed E-state index contributed by atoms with van der Waals surface area (Å²) in [7, 11) is 0. The fourth-order valence-electron chi connectivity index (χ4n) is 2.58. The Morgan fingerprint density at radius 2 is 2.05 bits per heavy atom. The Bertz CT molecular complexity index is 580. The lowest BCUT2D eigenvalue weighted by molar-refractivity contribution is 1.08. The molecule has 0 radical (unpaired) electrons. The number of hydrogen-bond donors (Lipinski definition) is 0. The van der Waals surface area contributed by atoms with E-state index in [1.165, 1.54) is 27.8 Å². The van der Waals surface area contributed by atoms with Gasteiger partial charge in [0.05, 0.1) is 0 Å². The second kappa shape index (κ2) is 5.88. The van der Waals surface area contributed by atoms with Crippen LogP contribution in [0.3, 0.4) is 0 Å². The zero-order chi connectivity index (χ0) is 13.8. The standard InChI is InChI=1S/C19H22/c1-5-8-9-18-14(4)19-12-15(6-2)10-11-17(19)13-16(18)7-3/h5,7-12H,4,6,13H2,1-3H3/b8-5-,16-7-,18-9-. The summed E-state index contributed by atoms with van der Waals surface area (Å²) in [4.78, 5) is 0. The molecule has 1 aromatic carbocycles. The molecule has 0 spiro atoms. The first-order valence-corrected chi connectivity index (χ1v) is 7.01. The van der Waals surface area contributed by atoms with E-state index in [1.807, 2.05) is 6.92 Å². The molecule has 0 fully saturated rings. The Labute approximate surface area is 116 Å². The molecule has 0 bridgehead atoms. The van der Waals surface area contributed by atoms with Crippen molar-refractivity contribution >= 4 is 5.57 Å². The summed E-state index contributed by atoms with van der Waals surface area (Å²) >= 11 is 0. The minimum atomic E-state index is 1.01. The summed E-state index contributed by atoms with van der Waals surface area (Å²) in [6.45, 7) is 10.7. The molecule has 0 amide bonds. The van der Waals surface area contributed by atoms with E-state index in [0.717, 1.165) is 18.4 Å². The molecule has 19 heavy (non-hydrogen) atoms. The van der Waals surface area contributed by atoms with Gasteiger partial charge in [-0.1, -0.05) is 56.0 Å². The molecule has 0 heterocycles. The van der Waals surface area contributed by atoms with Crippen LogP contribution in [0.1, 0.15) is 37.5 Å².